The van der Waals surface area contributed by atoms with Gasteiger partial charge in [0.25, 0.3) is 11.6 Å². The van der Waals surface area contributed by atoms with Crippen molar-refractivity contribution in [2.24, 2.45) is 10.9 Å². The number of anilines is 1. The van der Waals surface area contributed by atoms with Crippen molar-refractivity contribution in [1.29, 1.82) is 0 Å². The molecule has 3 aliphatic rings. The van der Waals surface area contributed by atoms with E-state index >= 15 is 0 Å². The number of hydrazine groups is 1. The lowest BCUT2D eigenvalue weighted by atomic mass is 9.94. The Bertz CT molecular complexity index is 1100. The van der Waals surface area contributed by atoms with Gasteiger partial charge in [-0.05, 0) is 29.5 Å². The van der Waals surface area contributed by atoms with Gasteiger partial charge in [0.05, 0.1) is 15.9 Å². The van der Waals surface area contributed by atoms with Crippen LogP contribution in [0, 0.1) is 16.0 Å². The van der Waals surface area contributed by atoms with E-state index in [1.165, 1.54) is 29.5 Å². The standard InChI is InChI=1S/C23H24N6O3S/c30-22-20(14-17-15-24-26-21(17)16-4-2-1-3-5-16)33-23(25-22)28-12-10-27(11-13-28)18-6-8-19(9-7-18)29(31)32/h1-9,14,17,21,24,26H,10-13,15H2/b20-14-. The molecule has 5 rings (SSSR count). The van der Waals surface area contributed by atoms with E-state index in [4.69, 9.17) is 0 Å². The van der Waals surface area contributed by atoms with Gasteiger partial charge in [0.1, 0.15) is 0 Å². The van der Waals surface area contributed by atoms with Crippen LogP contribution >= 0.6 is 11.8 Å². The lowest BCUT2D eigenvalue weighted by molar-refractivity contribution is -0.384. The summed E-state index contributed by atoms with van der Waals surface area (Å²) in [6.45, 7) is 3.75. The van der Waals surface area contributed by atoms with Crippen LogP contribution < -0.4 is 15.8 Å². The second-order valence-electron chi connectivity index (χ2n) is 8.16. The minimum atomic E-state index is -0.390. The highest BCUT2D eigenvalue weighted by Gasteiger charge is 2.32. The number of nitrogens with zero attached hydrogens (tertiary/aromatic N) is 4. The topological polar surface area (TPSA) is 103 Å². The zero-order valence-corrected chi connectivity index (χ0v) is 18.7. The second-order valence-corrected chi connectivity index (χ2v) is 9.17. The van der Waals surface area contributed by atoms with Crippen LogP contribution in [0.5, 0.6) is 0 Å². The van der Waals surface area contributed by atoms with Gasteiger partial charge in [-0.15, -0.1) is 0 Å². The third kappa shape index (κ3) is 4.63. The van der Waals surface area contributed by atoms with Crippen LogP contribution in [0.3, 0.4) is 0 Å². The summed E-state index contributed by atoms with van der Waals surface area (Å²) in [6, 6.07) is 17.0. The van der Waals surface area contributed by atoms with Crippen LogP contribution in [0.25, 0.3) is 0 Å². The largest absolute Gasteiger partial charge is 0.368 e. The molecule has 2 N–H and O–H groups in total. The molecule has 10 heteroatoms. The summed E-state index contributed by atoms with van der Waals surface area (Å²) in [5, 5.41) is 11.6. The molecular weight excluding hydrogens is 440 g/mol. The number of carbonyl (C=O) groups excluding carboxylic acids is 1. The first kappa shape index (κ1) is 21.6. The number of hydrogen-bond donors (Lipinski definition) is 2. The Kier molecular flexibility index (Phi) is 6.12. The van der Waals surface area contributed by atoms with E-state index in [1.54, 1.807) is 12.1 Å². The first-order chi connectivity index (χ1) is 16.1. The molecule has 2 fully saturated rings. The number of non-ortho nitro benzene ring substituents is 1. The first-order valence-electron chi connectivity index (χ1n) is 10.9. The number of nitrogens with one attached hydrogen (secondary N) is 2. The van der Waals surface area contributed by atoms with Gasteiger partial charge < -0.3 is 9.80 Å². The molecule has 3 heterocycles. The zero-order chi connectivity index (χ0) is 22.8. The number of amides is 1. The molecule has 2 saturated heterocycles. The minimum absolute atomic E-state index is 0.0918. The van der Waals surface area contributed by atoms with E-state index in [0.717, 1.165) is 43.6 Å². The van der Waals surface area contributed by atoms with Gasteiger partial charge in [0, 0.05) is 56.5 Å². The number of carbonyl (C=O) groups is 1. The summed E-state index contributed by atoms with van der Waals surface area (Å²) >= 11 is 1.45. The Balaban J connectivity index is 1.20. The number of aliphatic imine (C=N–C) groups is 1. The molecule has 3 aliphatic heterocycles. The van der Waals surface area contributed by atoms with Crippen molar-refractivity contribution in [1.82, 2.24) is 15.8 Å². The average Bonchev–Trinajstić information content (AvgIpc) is 3.47. The smallest absolute Gasteiger partial charge is 0.285 e. The quantitative estimate of drug-likeness (QED) is 0.405. The van der Waals surface area contributed by atoms with E-state index in [-0.39, 0.29) is 28.5 Å². The van der Waals surface area contributed by atoms with Crippen molar-refractivity contribution < 1.29 is 9.72 Å². The van der Waals surface area contributed by atoms with E-state index in [9.17, 15) is 14.9 Å². The van der Waals surface area contributed by atoms with Gasteiger partial charge in [0.15, 0.2) is 5.17 Å². The molecule has 170 valence electrons. The van der Waals surface area contributed by atoms with Crippen LogP contribution in [0.4, 0.5) is 11.4 Å². The summed E-state index contributed by atoms with van der Waals surface area (Å²) in [5.41, 5.74) is 8.76. The van der Waals surface area contributed by atoms with Crippen molar-refractivity contribution in [2.45, 2.75) is 6.04 Å². The lowest BCUT2D eigenvalue weighted by Crippen LogP contribution is -2.47. The third-order valence-corrected chi connectivity index (χ3v) is 7.20. The van der Waals surface area contributed by atoms with Crippen LogP contribution in [0.2, 0.25) is 0 Å². The zero-order valence-electron chi connectivity index (χ0n) is 17.9. The van der Waals surface area contributed by atoms with Crippen molar-refractivity contribution in [3.8, 4) is 0 Å². The van der Waals surface area contributed by atoms with Gasteiger partial charge >= 0.3 is 0 Å². The fraction of sp³-hybridized carbons (Fsp3) is 0.304. The second kappa shape index (κ2) is 9.34. The Hall–Kier alpha value is -3.21. The monoisotopic (exact) mass is 464 g/mol. The highest BCUT2D eigenvalue weighted by atomic mass is 32.2. The van der Waals surface area contributed by atoms with E-state index in [1.807, 2.05) is 24.3 Å². The Morgan fingerprint density at radius 2 is 1.73 bits per heavy atom. The number of thioether (sulfide) groups is 1. The molecule has 2 atom stereocenters. The molecule has 0 radical (unpaired) electrons. The summed E-state index contributed by atoms with van der Waals surface area (Å²) in [6.07, 6.45) is 2.04. The van der Waals surface area contributed by atoms with E-state index in [2.05, 4.69) is 37.8 Å². The van der Waals surface area contributed by atoms with Crippen molar-refractivity contribution in [3.63, 3.8) is 0 Å². The lowest BCUT2D eigenvalue weighted by Gasteiger charge is -2.36. The highest BCUT2D eigenvalue weighted by Crippen LogP contribution is 2.34. The van der Waals surface area contributed by atoms with Crippen LogP contribution in [-0.2, 0) is 4.79 Å². The maximum Gasteiger partial charge on any atom is 0.285 e. The van der Waals surface area contributed by atoms with Crippen LogP contribution in [-0.4, -0.2) is 53.6 Å². The SMILES string of the molecule is O=C1N=C(N2CCN(c3ccc([N+](=O)[O-])cc3)CC2)S/C1=C\C1CNNC1c1ccccc1. The van der Waals surface area contributed by atoms with Crippen LogP contribution in [0.1, 0.15) is 11.6 Å². The normalized spacial score (nSPS) is 24.4. The van der Waals surface area contributed by atoms with Gasteiger partial charge in [-0.3, -0.25) is 20.3 Å². The third-order valence-electron chi connectivity index (χ3n) is 6.13. The highest BCUT2D eigenvalue weighted by molar-refractivity contribution is 8.18. The predicted molar refractivity (Wildman–Crippen MR) is 129 cm³/mol. The summed E-state index contributed by atoms with van der Waals surface area (Å²) < 4.78 is 0. The molecule has 0 saturated carbocycles. The maximum absolute atomic E-state index is 12.6. The van der Waals surface area contributed by atoms with Crippen LogP contribution in [0.15, 0.2) is 70.6 Å². The molecule has 0 aromatic heterocycles. The molecule has 1 amide bonds. The van der Waals surface area contributed by atoms with Crippen molar-refractivity contribution >= 4 is 34.2 Å². The predicted octanol–water partition coefficient (Wildman–Crippen LogP) is 2.70. The molecule has 2 unspecified atom stereocenters. The molecule has 0 spiro atoms. The Labute approximate surface area is 195 Å². The molecule has 33 heavy (non-hydrogen) atoms. The molecule has 0 aliphatic carbocycles. The molecule has 9 nitrogen and oxygen atoms in total. The molecule has 0 bridgehead atoms. The van der Waals surface area contributed by atoms with Gasteiger partial charge in [-0.2, -0.15) is 4.99 Å². The maximum atomic E-state index is 12.6. The number of amidine groups is 1. The number of nitro groups is 1. The van der Waals surface area contributed by atoms with Gasteiger partial charge in [-0.25, -0.2) is 5.43 Å². The van der Waals surface area contributed by atoms with E-state index < -0.39 is 0 Å². The van der Waals surface area contributed by atoms with Gasteiger partial charge in [-0.1, -0.05) is 36.4 Å². The number of benzene rings is 2. The first-order valence-corrected chi connectivity index (χ1v) is 11.7. The number of nitro benzene ring substituents is 1. The fourth-order valence-electron chi connectivity index (χ4n) is 4.34. The molecule has 2 aromatic carbocycles. The Morgan fingerprint density at radius 1 is 1.03 bits per heavy atom. The number of piperazine rings is 1. The molecular formula is C23H24N6O3S. The van der Waals surface area contributed by atoms with Crippen molar-refractivity contribution in [3.05, 3.63) is 81.3 Å². The summed E-state index contributed by atoms with van der Waals surface area (Å²) in [5.74, 6) is -0.0149. The molecule has 2 aromatic rings. The van der Waals surface area contributed by atoms with Crippen molar-refractivity contribution in [2.75, 3.05) is 37.6 Å². The number of rotatable bonds is 4. The minimum Gasteiger partial charge on any atom is -0.368 e. The summed E-state index contributed by atoms with van der Waals surface area (Å²) in [4.78, 5) is 32.4. The van der Waals surface area contributed by atoms with E-state index in [0.29, 0.717) is 4.91 Å². The van der Waals surface area contributed by atoms with Gasteiger partial charge in [0.2, 0.25) is 0 Å². The Morgan fingerprint density at radius 3 is 2.42 bits per heavy atom. The summed E-state index contributed by atoms with van der Waals surface area (Å²) in [7, 11) is 0. The average molecular weight is 465 g/mol. The fourth-order valence-corrected chi connectivity index (χ4v) is 5.35. The number of hydrogen-bond acceptors (Lipinski definition) is 8.